The number of aliphatic carboxylic acids is 1. The average molecular weight is 177 g/mol. The molecule has 3 heteroatoms. The van der Waals surface area contributed by atoms with E-state index in [2.05, 4.69) is 0 Å². The van der Waals surface area contributed by atoms with Crippen molar-refractivity contribution in [2.75, 3.05) is 0 Å². The fourth-order valence-electron chi connectivity index (χ4n) is 0.722. The highest BCUT2D eigenvalue weighted by Gasteiger charge is 1.94. The highest BCUT2D eigenvalue weighted by Crippen LogP contribution is 2.05. The molecule has 1 N–H and O–H groups in total. The van der Waals surface area contributed by atoms with E-state index in [-0.39, 0.29) is 6.42 Å². The molecule has 0 rings (SSSR count). The van der Waals surface area contributed by atoms with E-state index in [4.69, 9.17) is 16.7 Å². The Labute approximate surface area is 71.9 Å². The Morgan fingerprint density at radius 2 is 2.18 bits per heavy atom. The fourth-order valence-corrected chi connectivity index (χ4v) is 0.831. The van der Waals surface area contributed by atoms with Gasteiger partial charge in [-0.05, 0) is 26.2 Å². The minimum absolute atomic E-state index is 0.259. The number of allylic oxidation sites excluding steroid dienone is 2. The number of hydrogen-bond donors (Lipinski definition) is 1. The molecule has 0 aliphatic carbocycles. The van der Waals surface area contributed by atoms with Crippen molar-refractivity contribution in [2.45, 2.75) is 32.6 Å². The molecular weight excluding hydrogens is 164 g/mol. The lowest BCUT2D eigenvalue weighted by atomic mass is 10.2. The predicted molar refractivity (Wildman–Crippen MR) is 45.7 cm³/mol. The molecule has 0 aliphatic heterocycles. The zero-order chi connectivity index (χ0) is 8.69. The Morgan fingerprint density at radius 1 is 1.55 bits per heavy atom. The van der Waals surface area contributed by atoms with Crippen LogP contribution in [0.25, 0.3) is 0 Å². The largest absolute Gasteiger partial charge is 0.481 e. The van der Waals surface area contributed by atoms with Gasteiger partial charge >= 0.3 is 5.97 Å². The number of halogens is 1. The summed E-state index contributed by atoms with van der Waals surface area (Å²) >= 11 is 5.56. The third-order valence-corrected chi connectivity index (χ3v) is 1.42. The van der Waals surface area contributed by atoms with Crippen molar-refractivity contribution in [2.24, 2.45) is 0 Å². The van der Waals surface area contributed by atoms with Crippen LogP contribution in [0.1, 0.15) is 32.6 Å². The van der Waals surface area contributed by atoms with Gasteiger partial charge in [-0.2, -0.15) is 0 Å². The van der Waals surface area contributed by atoms with Gasteiger partial charge in [-0.1, -0.05) is 17.7 Å². The summed E-state index contributed by atoms with van der Waals surface area (Å²) < 4.78 is 0. The molecule has 64 valence electrons. The first-order valence-corrected chi connectivity index (χ1v) is 4.05. The molecule has 0 aromatic carbocycles. The Morgan fingerprint density at radius 3 is 2.64 bits per heavy atom. The van der Waals surface area contributed by atoms with E-state index in [0.29, 0.717) is 0 Å². The zero-order valence-corrected chi connectivity index (χ0v) is 7.40. The van der Waals surface area contributed by atoms with E-state index in [0.717, 1.165) is 24.3 Å². The second-order valence-corrected chi connectivity index (χ2v) is 3.03. The highest BCUT2D eigenvalue weighted by atomic mass is 35.5. The topological polar surface area (TPSA) is 37.3 Å². The fraction of sp³-hybridized carbons (Fsp3) is 0.625. The summed E-state index contributed by atoms with van der Waals surface area (Å²) in [5.41, 5.74) is 0. The van der Waals surface area contributed by atoms with Crippen LogP contribution in [0.4, 0.5) is 0 Å². The maximum absolute atomic E-state index is 10.1. The normalized spacial score (nSPS) is 11.6. The zero-order valence-electron chi connectivity index (χ0n) is 6.64. The highest BCUT2D eigenvalue weighted by molar-refractivity contribution is 6.29. The van der Waals surface area contributed by atoms with E-state index >= 15 is 0 Å². The van der Waals surface area contributed by atoms with Crippen molar-refractivity contribution >= 4 is 17.6 Å². The summed E-state index contributed by atoms with van der Waals surface area (Å²) in [6.07, 6.45) is 4.67. The minimum Gasteiger partial charge on any atom is -0.481 e. The molecule has 0 aromatic heterocycles. The molecule has 0 spiro atoms. The standard InChI is InChI=1S/C8H13ClO2/c1-7(9)5-3-2-4-6-8(10)11/h5H,2-4,6H2,1H3,(H,10,11)/b7-5-. The molecule has 0 atom stereocenters. The number of carbonyl (C=O) groups is 1. The van der Waals surface area contributed by atoms with Crippen LogP contribution in [-0.4, -0.2) is 11.1 Å². The van der Waals surface area contributed by atoms with E-state index in [1.54, 1.807) is 0 Å². The van der Waals surface area contributed by atoms with Gasteiger partial charge in [0.2, 0.25) is 0 Å². The van der Waals surface area contributed by atoms with Crippen molar-refractivity contribution in [3.8, 4) is 0 Å². The first-order valence-electron chi connectivity index (χ1n) is 3.67. The van der Waals surface area contributed by atoms with E-state index < -0.39 is 5.97 Å². The SMILES string of the molecule is C/C(Cl)=C/CCCCC(=O)O. The lowest BCUT2D eigenvalue weighted by molar-refractivity contribution is -0.137. The molecule has 0 saturated carbocycles. The van der Waals surface area contributed by atoms with Gasteiger partial charge in [0.1, 0.15) is 0 Å². The van der Waals surface area contributed by atoms with Crippen molar-refractivity contribution in [3.63, 3.8) is 0 Å². The third kappa shape index (κ3) is 9.50. The molecule has 0 bridgehead atoms. The summed E-state index contributed by atoms with van der Waals surface area (Å²) in [4.78, 5) is 10.1. The number of rotatable bonds is 5. The number of carboxylic acids is 1. The quantitative estimate of drug-likeness (QED) is 0.654. The van der Waals surface area contributed by atoms with Gasteiger partial charge in [0.25, 0.3) is 0 Å². The maximum Gasteiger partial charge on any atom is 0.303 e. The monoisotopic (exact) mass is 176 g/mol. The van der Waals surface area contributed by atoms with Crippen LogP contribution in [0.3, 0.4) is 0 Å². The first kappa shape index (κ1) is 10.5. The summed E-state index contributed by atoms with van der Waals surface area (Å²) in [5, 5.41) is 9.06. The van der Waals surface area contributed by atoms with Crippen LogP contribution in [0.2, 0.25) is 0 Å². The summed E-state index contributed by atoms with van der Waals surface area (Å²) in [5.74, 6) is -0.725. The predicted octanol–water partition coefficient (Wildman–Crippen LogP) is 2.77. The Hall–Kier alpha value is -0.500. The maximum atomic E-state index is 10.1. The van der Waals surface area contributed by atoms with E-state index in [9.17, 15) is 4.79 Å². The smallest absolute Gasteiger partial charge is 0.303 e. The van der Waals surface area contributed by atoms with Gasteiger partial charge in [0, 0.05) is 11.5 Å². The van der Waals surface area contributed by atoms with Crippen molar-refractivity contribution in [3.05, 3.63) is 11.1 Å². The molecule has 0 aliphatic rings. The van der Waals surface area contributed by atoms with E-state index in [1.165, 1.54) is 0 Å². The number of unbranched alkanes of at least 4 members (excludes halogenated alkanes) is 2. The van der Waals surface area contributed by atoms with Gasteiger partial charge in [0.05, 0.1) is 0 Å². The van der Waals surface area contributed by atoms with Gasteiger partial charge in [-0.15, -0.1) is 0 Å². The molecule has 0 unspecified atom stereocenters. The lowest BCUT2D eigenvalue weighted by Crippen LogP contribution is -1.92. The molecule has 0 fully saturated rings. The van der Waals surface area contributed by atoms with Crippen LogP contribution < -0.4 is 0 Å². The first-order chi connectivity index (χ1) is 5.13. The van der Waals surface area contributed by atoms with E-state index in [1.807, 2.05) is 13.0 Å². The molecule has 0 saturated heterocycles. The van der Waals surface area contributed by atoms with Gasteiger partial charge in [0.15, 0.2) is 0 Å². The molecule has 11 heavy (non-hydrogen) atoms. The summed E-state index contributed by atoms with van der Waals surface area (Å²) in [6, 6.07) is 0. The molecule has 0 radical (unpaired) electrons. The Bertz CT molecular complexity index is 148. The van der Waals surface area contributed by atoms with Crippen molar-refractivity contribution in [1.82, 2.24) is 0 Å². The van der Waals surface area contributed by atoms with Crippen LogP contribution in [-0.2, 0) is 4.79 Å². The summed E-state index contributed by atoms with van der Waals surface area (Å²) in [6.45, 7) is 1.82. The van der Waals surface area contributed by atoms with Gasteiger partial charge in [-0.25, -0.2) is 0 Å². The number of hydrogen-bond acceptors (Lipinski definition) is 1. The molecule has 0 aromatic rings. The van der Waals surface area contributed by atoms with Gasteiger partial charge < -0.3 is 5.11 Å². The molecule has 0 heterocycles. The third-order valence-electron chi connectivity index (χ3n) is 1.27. The second-order valence-electron chi connectivity index (χ2n) is 2.43. The van der Waals surface area contributed by atoms with Crippen LogP contribution in [0, 0.1) is 0 Å². The minimum atomic E-state index is -0.725. The molecule has 2 nitrogen and oxygen atoms in total. The van der Waals surface area contributed by atoms with Crippen molar-refractivity contribution < 1.29 is 9.90 Å². The molecular formula is C8H13ClO2. The average Bonchev–Trinajstić information content (AvgIpc) is 1.85. The van der Waals surface area contributed by atoms with Gasteiger partial charge in [-0.3, -0.25) is 4.79 Å². The van der Waals surface area contributed by atoms with Crippen molar-refractivity contribution in [1.29, 1.82) is 0 Å². The summed E-state index contributed by atoms with van der Waals surface area (Å²) in [7, 11) is 0. The van der Waals surface area contributed by atoms with Crippen LogP contribution in [0.5, 0.6) is 0 Å². The van der Waals surface area contributed by atoms with Crippen LogP contribution >= 0.6 is 11.6 Å². The van der Waals surface area contributed by atoms with Crippen LogP contribution in [0.15, 0.2) is 11.1 Å². The second kappa shape index (κ2) is 6.23. The Kier molecular flexibility index (Phi) is 5.94. The lowest BCUT2D eigenvalue weighted by Gasteiger charge is -1.93. The number of carboxylic acid groups (broad SMARTS) is 1. The molecule has 0 amide bonds. The Balaban J connectivity index is 3.15.